The Bertz CT molecular complexity index is 484. The summed E-state index contributed by atoms with van der Waals surface area (Å²) in [4.78, 5) is 0. The summed E-state index contributed by atoms with van der Waals surface area (Å²) in [5.74, 6) is 1.02. The molecule has 2 N–H and O–H groups in total. The number of allylic oxidation sites excluding steroid dienone is 1. The van der Waals surface area contributed by atoms with Crippen molar-refractivity contribution in [2.45, 2.75) is 58.1 Å². The summed E-state index contributed by atoms with van der Waals surface area (Å²) in [6.45, 7) is 4.23. The smallest absolute Gasteiger partial charge is 0.126 e. The maximum atomic E-state index is 6.25. The van der Waals surface area contributed by atoms with Crippen LogP contribution >= 0.6 is 15.9 Å². The standard InChI is InChI=1S/C17H24BrNO/c1-3-15(19)11-13-10-14(18)9-12(2)17(13)20-16-7-5-4-6-8-16/h5,7,9-10,15-16H,3-4,6,8,11,19H2,1-2H3. The zero-order valence-electron chi connectivity index (χ0n) is 12.4. The molecule has 0 saturated heterocycles. The van der Waals surface area contributed by atoms with E-state index in [4.69, 9.17) is 10.5 Å². The van der Waals surface area contributed by atoms with Gasteiger partial charge < -0.3 is 10.5 Å². The SMILES string of the molecule is CCC(N)Cc1cc(Br)cc(C)c1OC1C=CCCC1. The first-order chi connectivity index (χ1) is 9.60. The molecule has 0 amide bonds. The zero-order chi connectivity index (χ0) is 14.5. The van der Waals surface area contributed by atoms with E-state index in [1.165, 1.54) is 24.0 Å². The van der Waals surface area contributed by atoms with Crippen molar-refractivity contribution in [3.63, 3.8) is 0 Å². The molecule has 0 aliphatic heterocycles. The molecule has 0 spiro atoms. The maximum absolute atomic E-state index is 6.25. The van der Waals surface area contributed by atoms with E-state index in [0.29, 0.717) is 0 Å². The highest BCUT2D eigenvalue weighted by molar-refractivity contribution is 9.10. The molecular weight excluding hydrogens is 314 g/mol. The van der Waals surface area contributed by atoms with Crippen LogP contribution in [0.2, 0.25) is 0 Å². The highest BCUT2D eigenvalue weighted by Crippen LogP contribution is 2.31. The fourth-order valence-corrected chi connectivity index (χ4v) is 3.20. The minimum absolute atomic E-state index is 0.188. The fourth-order valence-electron chi connectivity index (χ4n) is 2.58. The monoisotopic (exact) mass is 337 g/mol. The van der Waals surface area contributed by atoms with Crippen molar-refractivity contribution in [2.75, 3.05) is 0 Å². The highest BCUT2D eigenvalue weighted by Gasteiger charge is 2.16. The minimum Gasteiger partial charge on any atom is -0.486 e. The van der Waals surface area contributed by atoms with Crippen LogP contribution in [0.3, 0.4) is 0 Å². The number of hydrogen-bond donors (Lipinski definition) is 1. The fraction of sp³-hybridized carbons (Fsp3) is 0.529. The molecule has 1 aliphatic rings. The number of nitrogens with two attached hydrogens (primary N) is 1. The molecule has 2 atom stereocenters. The summed E-state index contributed by atoms with van der Waals surface area (Å²) >= 11 is 3.57. The number of ether oxygens (including phenoxy) is 1. The first kappa shape index (κ1) is 15.6. The third-order valence-corrected chi connectivity index (χ3v) is 4.26. The Morgan fingerprint density at radius 2 is 2.25 bits per heavy atom. The lowest BCUT2D eigenvalue weighted by molar-refractivity contribution is 0.226. The van der Waals surface area contributed by atoms with Gasteiger partial charge in [0.2, 0.25) is 0 Å². The topological polar surface area (TPSA) is 35.2 Å². The minimum atomic E-state index is 0.188. The Hall–Kier alpha value is -0.800. The van der Waals surface area contributed by atoms with E-state index in [0.717, 1.165) is 29.5 Å². The van der Waals surface area contributed by atoms with Crippen LogP contribution in [0.25, 0.3) is 0 Å². The molecule has 0 aromatic heterocycles. The van der Waals surface area contributed by atoms with Crippen LogP contribution in [-0.2, 0) is 6.42 Å². The lowest BCUT2D eigenvalue weighted by Crippen LogP contribution is -2.23. The van der Waals surface area contributed by atoms with Crippen LogP contribution in [0.1, 0.15) is 43.7 Å². The summed E-state index contributed by atoms with van der Waals surface area (Å²) in [6, 6.07) is 4.45. The molecule has 0 radical (unpaired) electrons. The first-order valence-corrected chi connectivity index (χ1v) is 8.27. The van der Waals surface area contributed by atoms with Gasteiger partial charge >= 0.3 is 0 Å². The Kier molecular flexibility index (Phi) is 5.67. The van der Waals surface area contributed by atoms with E-state index in [1.807, 2.05) is 0 Å². The lowest BCUT2D eigenvalue weighted by atomic mass is 10.0. The second kappa shape index (κ2) is 7.28. The predicted molar refractivity (Wildman–Crippen MR) is 88.3 cm³/mol. The third kappa shape index (κ3) is 4.10. The second-order valence-electron chi connectivity index (χ2n) is 5.60. The summed E-state index contributed by atoms with van der Waals surface area (Å²) in [5.41, 5.74) is 8.51. The molecule has 3 heteroatoms. The van der Waals surface area contributed by atoms with E-state index >= 15 is 0 Å². The molecule has 0 heterocycles. The van der Waals surface area contributed by atoms with Gasteiger partial charge in [-0.2, -0.15) is 0 Å². The molecule has 1 aliphatic carbocycles. The molecule has 1 aromatic rings. The van der Waals surface area contributed by atoms with Gasteiger partial charge in [-0.1, -0.05) is 28.9 Å². The molecule has 110 valence electrons. The van der Waals surface area contributed by atoms with E-state index < -0.39 is 0 Å². The van der Waals surface area contributed by atoms with Crippen molar-refractivity contribution >= 4 is 15.9 Å². The van der Waals surface area contributed by atoms with Crippen molar-refractivity contribution < 1.29 is 4.74 Å². The molecular formula is C17H24BrNO. The molecule has 0 fully saturated rings. The van der Waals surface area contributed by atoms with Gasteiger partial charge in [0.15, 0.2) is 0 Å². The van der Waals surface area contributed by atoms with Crippen LogP contribution in [-0.4, -0.2) is 12.1 Å². The van der Waals surface area contributed by atoms with Gasteiger partial charge in [-0.05, 0) is 68.4 Å². The van der Waals surface area contributed by atoms with E-state index in [-0.39, 0.29) is 12.1 Å². The van der Waals surface area contributed by atoms with E-state index in [9.17, 15) is 0 Å². The average Bonchev–Trinajstić information content (AvgIpc) is 2.43. The van der Waals surface area contributed by atoms with Crippen molar-refractivity contribution in [1.82, 2.24) is 0 Å². The summed E-state index contributed by atoms with van der Waals surface area (Å²) in [7, 11) is 0. The van der Waals surface area contributed by atoms with Crippen LogP contribution < -0.4 is 10.5 Å². The number of aryl methyl sites for hydroxylation is 1. The number of hydrogen-bond acceptors (Lipinski definition) is 2. The second-order valence-corrected chi connectivity index (χ2v) is 6.51. The van der Waals surface area contributed by atoms with Gasteiger partial charge in [0.25, 0.3) is 0 Å². The molecule has 20 heavy (non-hydrogen) atoms. The third-order valence-electron chi connectivity index (χ3n) is 3.80. The van der Waals surface area contributed by atoms with Gasteiger partial charge in [0.1, 0.15) is 11.9 Å². The quantitative estimate of drug-likeness (QED) is 0.801. The number of benzene rings is 1. The van der Waals surface area contributed by atoms with Crippen molar-refractivity contribution in [3.05, 3.63) is 39.9 Å². The van der Waals surface area contributed by atoms with Gasteiger partial charge in [0, 0.05) is 10.5 Å². The van der Waals surface area contributed by atoms with Crippen LogP contribution in [0.4, 0.5) is 0 Å². The Balaban J connectivity index is 2.24. The molecule has 2 nitrogen and oxygen atoms in total. The van der Waals surface area contributed by atoms with Gasteiger partial charge in [-0.3, -0.25) is 0 Å². The number of halogens is 1. The predicted octanol–water partition coefficient (Wildman–Crippen LogP) is 4.52. The van der Waals surface area contributed by atoms with Gasteiger partial charge in [-0.15, -0.1) is 0 Å². The van der Waals surface area contributed by atoms with Crippen molar-refractivity contribution in [2.24, 2.45) is 5.73 Å². The Morgan fingerprint density at radius 3 is 2.90 bits per heavy atom. The van der Waals surface area contributed by atoms with Crippen LogP contribution in [0.5, 0.6) is 5.75 Å². The van der Waals surface area contributed by atoms with Gasteiger partial charge in [-0.25, -0.2) is 0 Å². The molecule has 2 rings (SSSR count). The van der Waals surface area contributed by atoms with E-state index in [1.54, 1.807) is 0 Å². The molecule has 2 unspecified atom stereocenters. The molecule has 1 aromatic carbocycles. The van der Waals surface area contributed by atoms with Crippen molar-refractivity contribution in [1.29, 1.82) is 0 Å². The Morgan fingerprint density at radius 1 is 1.45 bits per heavy atom. The summed E-state index contributed by atoms with van der Waals surface area (Å²) in [6.07, 6.45) is 9.95. The Labute approximate surface area is 130 Å². The summed E-state index contributed by atoms with van der Waals surface area (Å²) < 4.78 is 7.35. The summed E-state index contributed by atoms with van der Waals surface area (Å²) in [5, 5.41) is 0. The maximum Gasteiger partial charge on any atom is 0.126 e. The highest BCUT2D eigenvalue weighted by atomic mass is 79.9. The lowest BCUT2D eigenvalue weighted by Gasteiger charge is -2.23. The normalized spacial score (nSPS) is 19.9. The van der Waals surface area contributed by atoms with Gasteiger partial charge in [0.05, 0.1) is 0 Å². The van der Waals surface area contributed by atoms with Crippen LogP contribution in [0, 0.1) is 6.92 Å². The van der Waals surface area contributed by atoms with Crippen molar-refractivity contribution in [3.8, 4) is 5.75 Å². The largest absolute Gasteiger partial charge is 0.486 e. The van der Waals surface area contributed by atoms with E-state index in [2.05, 4.69) is 54.1 Å². The average molecular weight is 338 g/mol. The first-order valence-electron chi connectivity index (χ1n) is 7.48. The molecule has 0 bridgehead atoms. The molecule has 0 saturated carbocycles. The number of rotatable bonds is 5. The zero-order valence-corrected chi connectivity index (χ0v) is 13.9. The van der Waals surface area contributed by atoms with Crippen LogP contribution in [0.15, 0.2) is 28.8 Å².